The Morgan fingerprint density at radius 3 is 2.45 bits per heavy atom. The molecule has 0 spiro atoms. The van der Waals surface area contributed by atoms with Gasteiger partial charge in [-0.2, -0.15) is 8.78 Å². The van der Waals surface area contributed by atoms with Crippen LogP contribution in [0.4, 0.5) is 8.78 Å². The first-order valence-electron chi connectivity index (χ1n) is 9.98. The van der Waals surface area contributed by atoms with Crippen molar-refractivity contribution >= 4 is 29.9 Å². The van der Waals surface area contributed by atoms with Gasteiger partial charge in [0.05, 0.1) is 19.3 Å². The van der Waals surface area contributed by atoms with Crippen molar-refractivity contribution in [2.75, 3.05) is 26.2 Å². The minimum Gasteiger partial charge on any atom is -0.494 e. The van der Waals surface area contributed by atoms with Gasteiger partial charge in [-0.25, -0.2) is 0 Å². The smallest absolute Gasteiger partial charge is 0.387 e. The molecular weight excluding hydrogens is 519 g/mol. The molecule has 1 atom stereocenters. The number of ether oxygens (including phenoxy) is 2. The fourth-order valence-electron chi connectivity index (χ4n) is 2.78. The summed E-state index contributed by atoms with van der Waals surface area (Å²) in [4.78, 5) is 4.41. The highest BCUT2D eigenvalue weighted by Crippen LogP contribution is 2.19. The summed E-state index contributed by atoms with van der Waals surface area (Å²) in [6.07, 6.45) is -0.0663. The van der Waals surface area contributed by atoms with E-state index in [1.165, 1.54) is 12.1 Å². The molecular formula is C22H30F2IN3O3. The maximum Gasteiger partial charge on any atom is 0.387 e. The number of aliphatic imine (C=N–C) groups is 1. The van der Waals surface area contributed by atoms with E-state index in [4.69, 9.17) is 4.74 Å². The Morgan fingerprint density at radius 2 is 1.81 bits per heavy atom. The Bertz CT molecular complexity index is 792. The van der Waals surface area contributed by atoms with Crippen molar-refractivity contribution in [3.8, 4) is 11.5 Å². The molecule has 6 nitrogen and oxygen atoms in total. The number of guanidine groups is 1. The highest BCUT2D eigenvalue weighted by molar-refractivity contribution is 14.0. The molecule has 0 radical (unpaired) electrons. The van der Waals surface area contributed by atoms with Crippen LogP contribution in [0.3, 0.4) is 0 Å². The monoisotopic (exact) mass is 549 g/mol. The van der Waals surface area contributed by atoms with Crippen LogP contribution >= 0.6 is 24.0 Å². The highest BCUT2D eigenvalue weighted by atomic mass is 127. The summed E-state index contributed by atoms with van der Waals surface area (Å²) >= 11 is 0. The molecule has 0 aliphatic heterocycles. The van der Waals surface area contributed by atoms with Crippen LogP contribution in [0.2, 0.25) is 0 Å². The minimum atomic E-state index is -2.87. The van der Waals surface area contributed by atoms with Crippen molar-refractivity contribution in [3.05, 3.63) is 59.7 Å². The molecule has 0 saturated carbocycles. The molecule has 0 aromatic heterocycles. The molecule has 0 fully saturated rings. The molecule has 3 N–H and O–H groups in total. The van der Waals surface area contributed by atoms with Crippen LogP contribution in [-0.2, 0) is 6.42 Å². The van der Waals surface area contributed by atoms with Gasteiger partial charge < -0.3 is 25.2 Å². The van der Waals surface area contributed by atoms with Crippen molar-refractivity contribution in [1.82, 2.24) is 10.6 Å². The second-order valence-corrected chi connectivity index (χ2v) is 6.44. The zero-order chi connectivity index (χ0) is 21.8. The molecule has 31 heavy (non-hydrogen) atoms. The number of alkyl halides is 2. The third-order valence-electron chi connectivity index (χ3n) is 4.17. The molecule has 0 amide bonds. The molecule has 0 heterocycles. The normalized spacial score (nSPS) is 12.1. The predicted molar refractivity (Wildman–Crippen MR) is 129 cm³/mol. The van der Waals surface area contributed by atoms with Gasteiger partial charge in [-0.05, 0) is 55.7 Å². The number of aliphatic hydroxyl groups is 1. The van der Waals surface area contributed by atoms with Crippen LogP contribution in [0.5, 0.6) is 11.5 Å². The molecule has 0 saturated heterocycles. The zero-order valence-electron chi connectivity index (χ0n) is 17.7. The lowest BCUT2D eigenvalue weighted by Crippen LogP contribution is -2.38. The summed E-state index contributed by atoms with van der Waals surface area (Å²) in [6, 6.07) is 13.8. The van der Waals surface area contributed by atoms with Gasteiger partial charge in [-0.3, -0.25) is 4.99 Å². The van der Waals surface area contributed by atoms with E-state index in [0.29, 0.717) is 31.2 Å². The maximum atomic E-state index is 12.2. The Balaban J connectivity index is 0.00000480. The van der Waals surface area contributed by atoms with Crippen molar-refractivity contribution in [3.63, 3.8) is 0 Å². The van der Waals surface area contributed by atoms with Crippen LogP contribution in [0.1, 0.15) is 31.1 Å². The third-order valence-corrected chi connectivity index (χ3v) is 4.17. The van der Waals surface area contributed by atoms with Crippen molar-refractivity contribution < 1.29 is 23.4 Å². The number of halogens is 3. The van der Waals surface area contributed by atoms with Gasteiger partial charge in [-0.1, -0.05) is 24.3 Å². The van der Waals surface area contributed by atoms with Gasteiger partial charge in [-0.15, -0.1) is 24.0 Å². The summed E-state index contributed by atoms with van der Waals surface area (Å²) < 4.78 is 34.3. The first-order valence-corrected chi connectivity index (χ1v) is 9.98. The highest BCUT2D eigenvalue weighted by Gasteiger charge is 2.09. The van der Waals surface area contributed by atoms with E-state index < -0.39 is 12.7 Å². The molecule has 2 aromatic carbocycles. The molecule has 1 unspecified atom stereocenters. The van der Waals surface area contributed by atoms with Gasteiger partial charge >= 0.3 is 6.61 Å². The van der Waals surface area contributed by atoms with Gasteiger partial charge in [0, 0.05) is 13.1 Å². The third kappa shape index (κ3) is 10.1. The van der Waals surface area contributed by atoms with Gasteiger partial charge in [0.1, 0.15) is 11.5 Å². The topological polar surface area (TPSA) is 75.1 Å². The quantitative estimate of drug-likeness (QED) is 0.223. The lowest BCUT2D eigenvalue weighted by molar-refractivity contribution is -0.0498. The number of hydrogen-bond donors (Lipinski definition) is 3. The van der Waals surface area contributed by atoms with E-state index in [1.807, 2.05) is 38.1 Å². The Hall–Kier alpha value is -2.14. The van der Waals surface area contributed by atoms with E-state index in [1.54, 1.807) is 12.1 Å². The average molecular weight is 549 g/mol. The second-order valence-electron chi connectivity index (χ2n) is 6.44. The van der Waals surface area contributed by atoms with E-state index in [0.717, 1.165) is 17.7 Å². The van der Waals surface area contributed by atoms with Crippen molar-refractivity contribution in [1.29, 1.82) is 0 Å². The van der Waals surface area contributed by atoms with E-state index in [9.17, 15) is 13.9 Å². The lowest BCUT2D eigenvalue weighted by Gasteiger charge is -2.14. The molecule has 0 aliphatic carbocycles. The summed E-state index contributed by atoms with van der Waals surface area (Å²) in [5, 5.41) is 16.7. The lowest BCUT2D eigenvalue weighted by atomic mass is 10.1. The van der Waals surface area contributed by atoms with E-state index in [2.05, 4.69) is 20.4 Å². The molecule has 2 rings (SSSR count). The predicted octanol–water partition coefficient (Wildman–Crippen LogP) is 4.14. The number of aliphatic hydroxyl groups excluding tert-OH is 1. The molecule has 0 aliphatic rings. The maximum absolute atomic E-state index is 12.2. The largest absolute Gasteiger partial charge is 0.494 e. The summed E-state index contributed by atoms with van der Waals surface area (Å²) in [7, 11) is 0. The Kier molecular flexibility index (Phi) is 12.8. The SMILES string of the molecule is CCNC(=NCC(O)c1ccc(OC(F)F)cc1)NCCc1cccc(OCC)c1.I. The van der Waals surface area contributed by atoms with Crippen LogP contribution < -0.4 is 20.1 Å². The van der Waals surface area contributed by atoms with Crippen molar-refractivity contribution in [2.45, 2.75) is 33.0 Å². The average Bonchev–Trinajstić information content (AvgIpc) is 2.72. The first kappa shape index (κ1) is 26.9. The number of nitrogens with one attached hydrogen (secondary N) is 2. The number of hydrogen-bond acceptors (Lipinski definition) is 4. The summed E-state index contributed by atoms with van der Waals surface area (Å²) in [5.41, 5.74) is 1.72. The van der Waals surface area contributed by atoms with E-state index in [-0.39, 0.29) is 36.3 Å². The fraction of sp³-hybridized carbons (Fsp3) is 0.409. The molecule has 172 valence electrons. The fourth-order valence-corrected chi connectivity index (χ4v) is 2.78. The summed E-state index contributed by atoms with van der Waals surface area (Å²) in [5.74, 6) is 1.49. The second kappa shape index (κ2) is 14.8. The summed E-state index contributed by atoms with van der Waals surface area (Å²) in [6.45, 7) is 3.14. The first-order chi connectivity index (χ1) is 14.5. The van der Waals surface area contributed by atoms with Gasteiger partial charge in [0.25, 0.3) is 0 Å². The van der Waals surface area contributed by atoms with Crippen molar-refractivity contribution in [2.24, 2.45) is 4.99 Å². The standard InChI is InChI=1S/C22H29F2N3O3.HI/c1-3-25-22(26-13-12-16-6-5-7-19(14-16)29-4-2)27-15-20(28)17-8-10-18(11-9-17)30-21(23)24;/h5-11,14,20-21,28H,3-4,12-13,15H2,1-2H3,(H2,25,26,27);1H. The van der Waals surface area contributed by atoms with Gasteiger partial charge in [0.15, 0.2) is 5.96 Å². The van der Waals surface area contributed by atoms with Crippen LogP contribution in [0, 0.1) is 0 Å². The number of benzene rings is 2. The number of nitrogens with zero attached hydrogens (tertiary/aromatic N) is 1. The number of rotatable bonds is 11. The minimum absolute atomic E-state index is 0. The molecule has 9 heteroatoms. The van der Waals surface area contributed by atoms with Crippen LogP contribution in [0.15, 0.2) is 53.5 Å². The Labute approximate surface area is 199 Å². The van der Waals surface area contributed by atoms with Crippen LogP contribution in [0.25, 0.3) is 0 Å². The van der Waals surface area contributed by atoms with Crippen LogP contribution in [-0.4, -0.2) is 43.9 Å². The van der Waals surface area contributed by atoms with Gasteiger partial charge in [0.2, 0.25) is 0 Å². The molecule has 0 bridgehead atoms. The Morgan fingerprint density at radius 1 is 1.06 bits per heavy atom. The molecule has 2 aromatic rings. The van der Waals surface area contributed by atoms with E-state index >= 15 is 0 Å². The zero-order valence-corrected chi connectivity index (χ0v) is 20.0.